The Bertz CT molecular complexity index is 1060. The Balaban J connectivity index is 1.55. The molecule has 0 aliphatic carbocycles. The minimum atomic E-state index is -0.469. The lowest BCUT2D eigenvalue weighted by molar-refractivity contribution is -0.130. The second kappa shape index (κ2) is 8.08. The number of benzene rings is 2. The molecule has 6 nitrogen and oxygen atoms in total. The number of rotatable bonds is 5. The van der Waals surface area contributed by atoms with Crippen LogP contribution in [0.4, 0.5) is 5.69 Å². The molecule has 1 saturated heterocycles. The Hall–Kier alpha value is -3.15. The van der Waals surface area contributed by atoms with Crippen LogP contribution in [0.25, 0.3) is 0 Å². The van der Waals surface area contributed by atoms with Gasteiger partial charge in [-0.05, 0) is 36.1 Å². The molecule has 2 aromatic carbocycles. The number of carbonyl (C=O) groups is 2. The number of aliphatic imine (C=N–C) groups is 1. The van der Waals surface area contributed by atoms with Crippen molar-refractivity contribution in [3.63, 3.8) is 0 Å². The van der Waals surface area contributed by atoms with E-state index < -0.39 is 5.54 Å². The number of carbonyl (C=O) groups excluding carboxylic acids is 2. The topological polar surface area (TPSA) is 79.0 Å². The molecule has 2 atom stereocenters. The first-order valence-corrected chi connectivity index (χ1v) is 11.2. The first-order valence-electron chi connectivity index (χ1n) is 11.2. The van der Waals surface area contributed by atoms with Crippen LogP contribution in [-0.4, -0.2) is 34.8 Å². The summed E-state index contributed by atoms with van der Waals surface area (Å²) in [7, 11) is 0. The lowest BCUT2D eigenvalue weighted by Crippen LogP contribution is -2.51. The molecule has 168 valence electrons. The number of amides is 2. The van der Waals surface area contributed by atoms with Gasteiger partial charge in [0.15, 0.2) is 5.96 Å². The predicted octanol–water partition coefficient (Wildman–Crippen LogP) is 3.84. The zero-order valence-electron chi connectivity index (χ0n) is 19.3. The smallest absolute Gasteiger partial charge is 0.232 e. The fourth-order valence-corrected chi connectivity index (χ4v) is 4.59. The van der Waals surface area contributed by atoms with E-state index in [0.29, 0.717) is 25.9 Å². The van der Waals surface area contributed by atoms with E-state index in [1.807, 2.05) is 54.3 Å². The molecule has 2 aliphatic heterocycles. The number of nitrogens with two attached hydrogens (primary N) is 1. The molecule has 1 fully saturated rings. The van der Waals surface area contributed by atoms with Gasteiger partial charge in [0.25, 0.3) is 0 Å². The van der Waals surface area contributed by atoms with Crippen molar-refractivity contribution >= 4 is 23.5 Å². The van der Waals surface area contributed by atoms with Gasteiger partial charge in [0.2, 0.25) is 11.8 Å². The minimum Gasteiger partial charge on any atom is -0.369 e. The van der Waals surface area contributed by atoms with Crippen molar-refractivity contribution in [3.8, 4) is 0 Å². The second-order valence-corrected chi connectivity index (χ2v) is 9.89. The SMILES string of the molecule is CC(C)C1(C)CC(=O)N(Cc2cccc(N3CC(C)(c4ccccc4)CC3=O)c2)C(N)=N1. The van der Waals surface area contributed by atoms with Gasteiger partial charge in [-0.1, -0.05) is 63.2 Å². The summed E-state index contributed by atoms with van der Waals surface area (Å²) in [5, 5.41) is 0. The highest BCUT2D eigenvalue weighted by atomic mass is 16.2. The molecule has 2 amide bonds. The number of nitrogens with zero attached hydrogens (tertiary/aromatic N) is 3. The molecule has 0 aromatic heterocycles. The van der Waals surface area contributed by atoms with E-state index in [0.717, 1.165) is 11.3 Å². The third-order valence-electron chi connectivity index (χ3n) is 7.08. The van der Waals surface area contributed by atoms with Crippen LogP contribution in [0.3, 0.4) is 0 Å². The first kappa shape index (κ1) is 22.1. The lowest BCUT2D eigenvalue weighted by atomic mass is 9.82. The molecule has 0 bridgehead atoms. The average Bonchev–Trinajstić information content (AvgIpc) is 3.07. The summed E-state index contributed by atoms with van der Waals surface area (Å²) in [4.78, 5) is 33.8. The predicted molar refractivity (Wildman–Crippen MR) is 127 cm³/mol. The van der Waals surface area contributed by atoms with Crippen molar-refractivity contribution in [2.45, 2.75) is 58.0 Å². The third kappa shape index (κ3) is 4.01. The normalized spacial score (nSPS) is 26.1. The van der Waals surface area contributed by atoms with Crippen LogP contribution in [-0.2, 0) is 21.5 Å². The van der Waals surface area contributed by atoms with Crippen LogP contribution in [0.2, 0.25) is 0 Å². The van der Waals surface area contributed by atoms with Crippen LogP contribution < -0.4 is 10.6 Å². The van der Waals surface area contributed by atoms with Crippen LogP contribution in [0.15, 0.2) is 59.6 Å². The molecule has 2 unspecified atom stereocenters. The minimum absolute atomic E-state index is 0.0204. The summed E-state index contributed by atoms with van der Waals surface area (Å²) in [5.41, 5.74) is 8.44. The fourth-order valence-electron chi connectivity index (χ4n) is 4.59. The zero-order chi connectivity index (χ0) is 23.1. The molecule has 2 heterocycles. The quantitative estimate of drug-likeness (QED) is 0.780. The molecule has 2 aliphatic rings. The number of hydrogen-bond donors (Lipinski definition) is 1. The van der Waals surface area contributed by atoms with Crippen LogP contribution in [0, 0.1) is 5.92 Å². The molecule has 6 heteroatoms. The highest BCUT2D eigenvalue weighted by Gasteiger charge is 2.41. The average molecular weight is 433 g/mol. The highest BCUT2D eigenvalue weighted by molar-refractivity contribution is 5.99. The molecular formula is C26H32N4O2. The van der Waals surface area contributed by atoms with Gasteiger partial charge in [0.05, 0.1) is 18.5 Å². The van der Waals surface area contributed by atoms with Crippen LogP contribution in [0.5, 0.6) is 0 Å². The van der Waals surface area contributed by atoms with Gasteiger partial charge in [-0.2, -0.15) is 0 Å². The summed E-state index contributed by atoms with van der Waals surface area (Å²) in [5.74, 6) is 0.566. The molecule has 0 saturated carbocycles. The van der Waals surface area contributed by atoms with Gasteiger partial charge in [0, 0.05) is 24.1 Å². The fraction of sp³-hybridized carbons (Fsp3) is 0.423. The third-order valence-corrected chi connectivity index (χ3v) is 7.08. The summed E-state index contributed by atoms with van der Waals surface area (Å²) in [6, 6.07) is 18.0. The van der Waals surface area contributed by atoms with Crippen molar-refractivity contribution < 1.29 is 9.59 Å². The molecular weight excluding hydrogens is 400 g/mol. The van der Waals surface area contributed by atoms with Crippen molar-refractivity contribution in [2.24, 2.45) is 16.6 Å². The summed E-state index contributed by atoms with van der Waals surface area (Å²) in [6.45, 7) is 9.19. The zero-order valence-corrected chi connectivity index (χ0v) is 19.3. The van der Waals surface area contributed by atoms with E-state index >= 15 is 0 Å². The summed E-state index contributed by atoms with van der Waals surface area (Å²) >= 11 is 0. The van der Waals surface area contributed by atoms with E-state index in [2.05, 4.69) is 37.9 Å². The van der Waals surface area contributed by atoms with E-state index in [1.54, 1.807) is 4.90 Å². The van der Waals surface area contributed by atoms with Crippen LogP contribution in [0.1, 0.15) is 51.7 Å². The molecule has 2 N–H and O–H groups in total. The largest absolute Gasteiger partial charge is 0.369 e. The van der Waals surface area contributed by atoms with Gasteiger partial charge in [-0.3, -0.25) is 14.5 Å². The number of hydrogen-bond acceptors (Lipinski definition) is 4. The van der Waals surface area contributed by atoms with Crippen LogP contribution >= 0.6 is 0 Å². The first-order chi connectivity index (χ1) is 15.1. The standard InChI is InChI=1S/C26H32N4O2/c1-18(2)26(4)15-23(32)29(24(27)28-26)16-19-9-8-12-21(13-19)30-17-25(3,14-22(30)31)20-10-6-5-7-11-20/h5-13,18H,14-17H2,1-4H3,(H2,27,28). The van der Waals surface area contributed by atoms with Crippen molar-refractivity contribution in [1.29, 1.82) is 0 Å². The molecule has 4 rings (SSSR count). The van der Waals surface area contributed by atoms with Gasteiger partial charge >= 0.3 is 0 Å². The summed E-state index contributed by atoms with van der Waals surface area (Å²) in [6.07, 6.45) is 0.810. The Morgan fingerprint density at radius 2 is 1.72 bits per heavy atom. The van der Waals surface area contributed by atoms with E-state index in [4.69, 9.17) is 5.73 Å². The molecule has 0 radical (unpaired) electrons. The Morgan fingerprint density at radius 1 is 1.00 bits per heavy atom. The summed E-state index contributed by atoms with van der Waals surface area (Å²) < 4.78 is 0. The highest BCUT2D eigenvalue weighted by Crippen LogP contribution is 2.37. The molecule has 32 heavy (non-hydrogen) atoms. The Kier molecular flexibility index (Phi) is 5.57. The van der Waals surface area contributed by atoms with Crippen molar-refractivity contribution in [3.05, 3.63) is 65.7 Å². The van der Waals surface area contributed by atoms with Gasteiger partial charge < -0.3 is 10.6 Å². The van der Waals surface area contributed by atoms with Crippen molar-refractivity contribution in [1.82, 2.24) is 4.90 Å². The van der Waals surface area contributed by atoms with Gasteiger partial charge in [0.1, 0.15) is 0 Å². The second-order valence-electron chi connectivity index (χ2n) is 9.89. The van der Waals surface area contributed by atoms with Gasteiger partial charge in [-0.15, -0.1) is 0 Å². The van der Waals surface area contributed by atoms with E-state index in [1.165, 1.54) is 5.56 Å². The van der Waals surface area contributed by atoms with E-state index in [9.17, 15) is 9.59 Å². The maximum atomic E-state index is 12.9. The molecule has 2 aromatic rings. The maximum Gasteiger partial charge on any atom is 0.232 e. The van der Waals surface area contributed by atoms with Crippen molar-refractivity contribution in [2.75, 3.05) is 11.4 Å². The van der Waals surface area contributed by atoms with Gasteiger partial charge in [-0.25, -0.2) is 4.99 Å². The molecule has 0 spiro atoms. The monoisotopic (exact) mass is 432 g/mol. The maximum absolute atomic E-state index is 12.9. The number of anilines is 1. The Morgan fingerprint density at radius 3 is 2.38 bits per heavy atom. The number of guanidine groups is 1. The Labute approximate surface area is 190 Å². The lowest BCUT2D eigenvalue weighted by Gasteiger charge is -2.37. The van der Waals surface area contributed by atoms with E-state index in [-0.39, 0.29) is 29.1 Å².